The monoisotopic (exact) mass is 482 g/mol. The van der Waals surface area contributed by atoms with E-state index in [1.807, 2.05) is 0 Å². The molecule has 192 valence electrons. The molecule has 0 unspecified atom stereocenters. The van der Waals surface area contributed by atoms with E-state index in [0.29, 0.717) is 30.2 Å². The van der Waals surface area contributed by atoms with Gasteiger partial charge in [0.1, 0.15) is 16.5 Å². The first-order valence-electron chi connectivity index (χ1n) is 13.2. The normalized spacial score (nSPS) is 20.1. The minimum absolute atomic E-state index is 0.318. The molecule has 0 saturated carbocycles. The maximum Gasteiger partial charge on any atom is 0.144 e. The first-order valence-corrected chi connectivity index (χ1v) is 17.1. The summed E-state index contributed by atoms with van der Waals surface area (Å²) >= 11 is 0. The van der Waals surface area contributed by atoms with Crippen LogP contribution in [-0.4, -0.2) is 51.8 Å². The van der Waals surface area contributed by atoms with Crippen molar-refractivity contribution >= 4 is 16.5 Å². The average molecular weight is 483 g/mol. The molecule has 1 fully saturated rings. The Morgan fingerprint density at radius 1 is 0.312 bits per heavy atom. The number of hydrogen-bond acceptors (Lipinski definition) is 2. The van der Waals surface area contributed by atoms with Gasteiger partial charge in [0.2, 0.25) is 0 Å². The van der Waals surface area contributed by atoms with Crippen LogP contribution in [0.4, 0.5) is 0 Å². The smallest absolute Gasteiger partial charge is 0.144 e. The Labute approximate surface area is 206 Å². The zero-order valence-corrected chi connectivity index (χ0v) is 27.7. The summed E-state index contributed by atoms with van der Waals surface area (Å²) in [5.41, 5.74) is 0. The largest absolute Gasteiger partial charge is 0.320 e. The summed E-state index contributed by atoms with van der Waals surface area (Å²) in [4.78, 5) is 0. The first kappa shape index (κ1) is 30.4. The highest BCUT2D eigenvalue weighted by atomic mass is 28.3. The van der Waals surface area contributed by atoms with E-state index in [1.165, 1.54) is 26.2 Å². The highest BCUT2D eigenvalue weighted by Gasteiger charge is 2.66. The van der Waals surface area contributed by atoms with E-state index in [-0.39, 0.29) is 0 Å². The first-order chi connectivity index (χ1) is 13.7. The fraction of sp³-hybridized carbons (Fsp3) is 1.00. The molecule has 1 aliphatic rings. The van der Waals surface area contributed by atoms with Crippen molar-refractivity contribution < 1.29 is 0 Å². The van der Waals surface area contributed by atoms with Crippen LogP contribution in [0.25, 0.3) is 0 Å². The highest BCUT2D eigenvalue weighted by Crippen LogP contribution is 2.65. The maximum atomic E-state index is 3.05. The molecule has 0 radical (unpaired) electrons. The van der Waals surface area contributed by atoms with Gasteiger partial charge in [-0.2, -0.15) is 0 Å². The van der Waals surface area contributed by atoms with Gasteiger partial charge in [0.05, 0.1) is 0 Å². The second-order valence-corrected chi connectivity index (χ2v) is 30.0. The molecule has 1 aliphatic heterocycles. The van der Waals surface area contributed by atoms with Crippen molar-refractivity contribution in [2.75, 3.05) is 26.2 Å². The van der Waals surface area contributed by atoms with Crippen LogP contribution in [0.15, 0.2) is 0 Å². The van der Waals surface area contributed by atoms with E-state index >= 15 is 0 Å². The Balaban J connectivity index is 3.61. The lowest BCUT2D eigenvalue weighted by atomic mass is 10.2. The van der Waals surface area contributed by atoms with Crippen LogP contribution >= 0.6 is 0 Å². The molecule has 0 aliphatic carbocycles. The molecule has 0 amide bonds. The summed E-state index contributed by atoms with van der Waals surface area (Å²) in [5.74, 6) is 0. The predicted molar refractivity (Wildman–Crippen MR) is 153 cm³/mol. The summed E-state index contributed by atoms with van der Waals surface area (Å²) in [7, 11) is -3.81. The average Bonchev–Trinajstić information content (AvgIpc) is 2.40. The molecule has 0 atom stereocenters. The molecule has 2 nitrogen and oxygen atoms in total. The van der Waals surface area contributed by atoms with Gasteiger partial charge in [-0.1, -0.05) is 125 Å². The van der Waals surface area contributed by atoms with E-state index in [1.54, 1.807) is 0 Å². The molecule has 0 bridgehead atoms. The van der Waals surface area contributed by atoms with Gasteiger partial charge in [-0.25, -0.2) is 0 Å². The SMILES string of the molecule is CC(C)(C)[Si](N1CCN([Si](C(C)(C)C)(C(C)(C)C)C(C)(C)C)CC1)(C(C)(C)C)C(C)(C)C. The van der Waals surface area contributed by atoms with Gasteiger partial charge in [-0.05, 0) is 30.2 Å². The molecule has 1 heterocycles. The Bertz CT molecular complexity index is 502. The van der Waals surface area contributed by atoms with Crippen LogP contribution in [-0.2, 0) is 0 Å². The molecule has 0 aromatic carbocycles. The predicted octanol–water partition coefficient (Wildman–Crippen LogP) is 9.30. The molecule has 4 heteroatoms. The molecular formula is C28H62N2Si2. The van der Waals surface area contributed by atoms with Crippen LogP contribution < -0.4 is 0 Å². The van der Waals surface area contributed by atoms with Crippen molar-refractivity contribution in [2.45, 2.75) is 155 Å². The number of piperazine rings is 1. The summed E-state index contributed by atoms with van der Waals surface area (Å²) < 4.78 is 6.10. The molecular weight excluding hydrogens is 420 g/mol. The Hall–Kier alpha value is 0.354. The fourth-order valence-corrected chi connectivity index (χ4v) is 31.9. The van der Waals surface area contributed by atoms with Gasteiger partial charge in [-0.3, -0.25) is 0 Å². The minimum Gasteiger partial charge on any atom is -0.320 e. The second-order valence-electron chi connectivity index (χ2n) is 16.9. The lowest BCUT2D eigenvalue weighted by Crippen LogP contribution is -2.77. The van der Waals surface area contributed by atoms with Crippen LogP contribution in [0.3, 0.4) is 0 Å². The summed E-state index contributed by atoms with van der Waals surface area (Å²) in [6.07, 6.45) is 0. The standard InChI is InChI=1S/C28H62N2Si2/c1-23(2,3)31(24(4,5)6,25(7,8)9)29-19-21-30(22-20-29)32(26(10,11)12,27(13,14)15)28(16,17)18/h19-22H2,1-18H3. The molecule has 0 N–H and O–H groups in total. The van der Waals surface area contributed by atoms with Gasteiger partial charge in [0, 0.05) is 26.2 Å². The zero-order valence-electron chi connectivity index (χ0n) is 25.7. The fourth-order valence-electron chi connectivity index (χ4n) is 11.0. The van der Waals surface area contributed by atoms with Gasteiger partial charge < -0.3 is 9.13 Å². The van der Waals surface area contributed by atoms with Crippen molar-refractivity contribution in [2.24, 2.45) is 0 Å². The van der Waals surface area contributed by atoms with Gasteiger partial charge in [0.15, 0.2) is 0 Å². The lowest BCUT2D eigenvalue weighted by molar-refractivity contribution is 0.211. The lowest BCUT2D eigenvalue weighted by Gasteiger charge is -2.68. The summed E-state index contributed by atoms with van der Waals surface area (Å²) in [6.45, 7) is 50.7. The van der Waals surface area contributed by atoms with Gasteiger partial charge in [-0.15, -0.1) is 0 Å². The third-order valence-corrected chi connectivity index (χ3v) is 24.6. The van der Waals surface area contributed by atoms with Crippen molar-refractivity contribution in [3.8, 4) is 0 Å². The Morgan fingerprint density at radius 3 is 0.531 bits per heavy atom. The molecule has 0 spiro atoms. The van der Waals surface area contributed by atoms with Crippen LogP contribution in [0.2, 0.25) is 30.2 Å². The van der Waals surface area contributed by atoms with Gasteiger partial charge >= 0.3 is 0 Å². The second kappa shape index (κ2) is 8.48. The molecule has 32 heavy (non-hydrogen) atoms. The van der Waals surface area contributed by atoms with E-state index in [0.717, 1.165) is 0 Å². The highest BCUT2D eigenvalue weighted by molar-refractivity contribution is 6.86. The Morgan fingerprint density at radius 2 is 0.438 bits per heavy atom. The number of rotatable bonds is 2. The van der Waals surface area contributed by atoms with E-state index in [4.69, 9.17) is 0 Å². The zero-order chi connectivity index (χ0) is 26.0. The maximum absolute atomic E-state index is 3.05. The van der Waals surface area contributed by atoms with Crippen molar-refractivity contribution in [1.29, 1.82) is 0 Å². The third-order valence-electron chi connectivity index (χ3n) is 8.74. The number of nitrogens with zero attached hydrogens (tertiary/aromatic N) is 2. The van der Waals surface area contributed by atoms with Crippen LogP contribution in [0.1, 0.15) is 125 Å². The Kier molecular flexibility index (Phi) is 8.06. The molecule has 0 aromatic rings. The van der Waals surface area contributed by atoms with Gasteiger partial charge in [0.25, 0.3) is 0 Å². The van der Waals surface area contributed by atoms with Crippen molar-refractivity contribution in [1.82, 2.24) is 9.13 Å². The van der Waals surface area contributed by atoms with E-state index in [2.05, 4.69) is 134 Å². The number of hydrogen-bond donors (Lipinski definition) is 0. The van der Waals surface area contributed by atoms with E-state index in [9.17, 15) is 0 Å². The molecule has 1 rings (SSSR count). The minimum atomic E-state index is -1.90. The summed E-state index contributed by atoms with van der Waals surface area (Å²) in [6, 6.07) is 0. The van der Waals surface area contributed by atoms with Crippen molar-refractivity contribution in [3.63, 3.8) is 0 Å². The van der Waals surface area contributed by atoms with E-state index < -0.39 is 16.5 Å². The van der Waals surface area contributed by atoms with Crippen molar-refractivity contribution in [3.05, 3.63) is 0 Å². The topological polar surface area (TPSA) is 6.48 Å². The van der Waals surface area contributed by atoms with Crippen LogP contribution in [0.5, 0.6) is 0 Å². The third kappa shape index (κ3) is 4.49. The molecule has 1 saturated heterocycles. The quantitative estimate of drug-likeness (QED) is 0.362. The summed E-state index contributed by atoms with van der Waals surface area (Å²) in [5, 5.41) is 1.91. The molecule has 0 aromatic heterocycles. The van der Waals surface area contributed by atoms with Crippen LogP contribution in [0, 0.1) is 0 Å².